The molecule has 1 atom stereocenters. The highest BCUT2D eigenvalue weighted by molar-refractivity contribution is 5.69. The summed E-state index contributed by atoms with van der Waals surface area (Å²) < 4.78 is 21.9. The van der Waals surface area contributed by atoms with Crippen molar-refractivity contribution in [2.75, 3.05) is 39.6 Å². The zero-order valence-corrected chi connectivity index (χ0v) is 18.1. The summed E-state index contributed by atoms with van der Waals surface area (Å²) in [5, 5.41) is 0. The van der Waals surface area contributed by atoms with Gasteiger partial charge in [-0.3, -0.25) is 4.79 Å². The fourth-order valence-electron chi connectivity index (χ4n) is 2.69. The fourth-order valence-corrected chi connectivity index (χ4v) is 2.69. The standard InChI is InChI=1S/C22H44O5/c1-4-6-8-9-11-15-24-17-19-26-20-18-25-16-12-14-22(23)27-21(3)13-10-7-5-2/h21H,4-20H2,1-3H3. The minimum atomic E-state index is -0.120. The maximum absolute atomic E-state index is 11.7. The molecule has 27 heavy (non-hydrogen) atoms. The third kappa shape index (κ3) is 21.5. The molecule has 0 aromatic heterocycles. The van der Waals surface area contributed by atoms with Crippen molar-refractivity contribution in [3.8, 4) is 0 Å². The van der Waals surface area contributed by atoms with E-state index < -0.39 is 0 Å². The van der Waals surface area contributed by atoms with Crippen LogP contribution in [0.1, 0.15) is 91.4 Å². The van der Waals surface area contributed by atoms with Crippen LogP contribution in [0.25, 0.3) is 0 Å². The van der Waals surface area contributed by atoms with E-state index in [-0.39, 0.29) is 12.1 Å². The third-order valence-corrected chi connectivity index (χ3v) is 4.35. The summed E-state index contributed by atoms with van der Waals surface area (Å²) in [6, 6.07) is 0. The monoisotopic (exact) mass is 388 g/mol. The van der Waals surface area contributed by atoms with Gasteiger partial charge in [0.05, 0.1) is 32.5 Å². The van der Waals surface area contributed by atoms with Crippen LogP contribution in [0.3, 0.4) is 0 Å². The van der Waals surface area contributed by atoms with Crippen molar-refractivity contribution in [2.24, 2.45) is 0 Å². The molecule has 0 saturated heterocycles. The predicted molar refractivity (Wildman–Crippen MR) is 110 cm³/mol. The molecule has 0 bridgehead atoms. The van der Waals surface area contributed by atoms with Crippen molar-refractivity contribution in [3.05, 3.63) is 0 Å². The number of ether oxygens (including phenoxy) is 4. The van der Waals surface area contributed by atoms with Crippen LogP contribution in [0.5, 0.6) is 0 Å². The molecular formula is C22H44O5. The number of rotatable bonds is 21. The first-order valence-electron chi connectivity index (χ1n) is 11.1. The van der Waals surface area contributed by atoms with E-state index in [9.17, 15) is 4.79 Å². The Kier molecular flexibility index (Phi) is 21.1. The Morgan fingerprint density at radius 1 is 0.667 bits per heavy atom. The second-order valence-electron chi connectivity index (χ2n) is 7.15. The first kappa shape index (κ1) is 26.4. The van der Waals surface area contributed by atoms with Crippen molar-refractivity contribution in [3.63, 3.8) is 0 Å². The lowest BCUT2D eigenvalue weighted by molar-refractivity contribution is -0.149. The van der Waals surface area contributed by atoms with Gasteiger partial charge in [0.15, 0.2) is 0 Å². The lowest BCUT2D eigenvalue weighted by Crippen LogP contribution is -2.15. The minimum Gasteiger partial charge on any atom is -0.463 e. The van der Waals surface area contributed by atoms with E-state index in [2.05, 4.69) is 13.8 Å². The summed E-state index contributed by atoms with van der Waals surface area (Å²) in [5.74, 6) is -0.120. The number of hydrogen-bond acceptors (Lipinski definition) is 5. The maximum Gasteiger partial charge on any atom is 0.306 e. The molecule has 5 nitrogen and oxygen atoms in total. The van der Waals surface area contributed by atoms with Crippen LogP contribution in [-0.4, -0.2) is 51.7 Å². The van der Waals surface area contributed by atoms with Gasteiger partial charge in [-0.15, -0.1) is 0 Å². The van der Waals surface area contributed by atoms with Crippen LogP contribution in [0.4, 0.5) is 0 Å². The average molecular weight is 389 g/mol. The van der Waals surface area contributed by atoms with E-state index >= 15 is 0 Å². The van der Waals surface area contributed by atoms with Gasteiger partial charge in [-0.1, -0.05) is 52.4 Å². The van der Waals surface area contributed by atoms with Gasteiger partial charge >= 0.3 is 5.97 Å². The number of carbonyl (C=O) groups is 1. The Hall–Kier alpha value is -0.650. The van der Waals surface area contributed by atoms with Crippen LogP contribution in [0.2, 0.25) is 0 Å². The van der Waals surface area contributed by atoms with Crippen molar-refractivity contribution in [1.82, 2.24) is 0 Å². The van der Waals surface area contributed by atoms with E-state index in [1.165, 1.54) is 38.5 Å². The second kappa shape index (κ2) is 21.6. The maximum atomic E-state index is 11.7. The molecule has 0 heterocycles. The molecule has 0 N–H and O–H groups in total. The molecule has 1 unspecified atom stereocenters. The highest BCUT2D eigenvalue weighted by Crippen LogP contribution is 2.08. The summed E-state index contributed by atoms with van der Waals surface area (Å²) in [7, 11) is 0. The fraction of sp³-hybridized carbons (Fsp3) is 0.955. The van der Waals surface area contributed by atoms with E-state index in [4.69, 9.17) is 18.9 Å². The number of unbranched alkanes of at least 4 members (excludes halogenated alkanes) is 6. The lowest BCUT2D eigenvalue weighted by atomic mass is 10.1. The van der Waals surface area contributed by atoms with Crippen molar-refractivity contribution in [2.45, 2.75) is 97.5 Å². The molecule has 0 spiro atoms. The molecule has 0 rings (SSSR count). The van der Waals surface area contributed by atoms with Crippen LogP contribution >= 0.6 is 0 Å². The molecule has 0 radical (unpaired) electrons. The first-order valence-corrected chi connectivity index (χ1v) is 11.1. The van der Waals surface area contributed by atoms with Crippen LogP contribution < -0.4 is 0 Å². The second-order valence-corrected chi connectivity index (χ2v) is 7.15. The number of hydrogen-bond donors (Lipinski definition) is 0. The summed E-state index contributed by atoms with van der Waals surface area (Å²) in [6.07, 6.45) is 11.9. The zero-order valence-electron chi connectivity index (χ0n) is 18.1. The molecule has 0 aromatic rings. The molecular weight excluding hydrogens is 344 g/mol. The third-order valence-electron chi connectivity index (χ3n) is 4.35. The molecule has 0 aliphatic rings. The van der Waals surface area contributed by atoms with Gasteiger partial charge in [0.25, 0.3) is 0 Å². The van der Waals surface area contributed by atoms with Gasteiger partial charge in [-0.25, -0.2) is 0 Å². The lowest BCUT2D eigenvalue weighted by Gasteiger charge is -2.13. The molecule has 162 valence electrons. The molecule has 0 aliphatic heterocycles. The van der Waals surface area contributed by atoms with Crippen molar-refractivity contribution >= 4 is 5.97 Å². The van der Waals surface area contributed by atoms with Gasteiger partial charge in [0.1, 0.15) is 0 Å². The van der Waals surface area contributed by atoms with Gasteiger partial charge < -0.3 is 18.9 Å². The summed E-state index contributed by atoms with van der Waals surface area (Å²) in [6.45, 7) is 10.1. The molecule has 5 heteroatoms. The van der Waals surface area contributed by atoms with Gasteiger partial charge in [-0.05, 0) is 32.6 Å². The van der Waals surface area contributed by atoms with Crippen LogP contribution in [0, 0.1) is 0 Å². The Labute approximate surface area is 167 Å². The van der Waals surface area contributed by atoms with Crippen LogP contribution in [0.15, 0.2) is 0 Å². The van der Waals surface area contributed by atoms with Gasteiger partial charge in [-0.2, -0.15) is 0 Å². The van der Waals surface area contributed by atoms with Gasteiger partial charge in [0.2, 0.25) is 0 Å². The zero-order chi connectivity index (χ0) is 20.0. The molecule has 0 aliphatic carbocycles. The van der Waals surface area contributed by atoms with Gasteiger partial charge in [0, 0.05) is 19.6 Å². The number of carbonyl (C=O) groups excluding carboxylic acids is 1. The Bertz CT molecular complexity index is 309. The van der Waals surface area contributed by atoms with E-state index in [0.29, 0.717) is 45.9 Å². The van der Waals surface area contributed by atoms with Crippen molar-refractivity contribution in [1.29, 1.82) is 0 Å². The molecule has 0 fully saturated rings. The first-order chi connectivity index (χ1) is 13.2. The Morgan fingerprint density at radius 2 is 1.19 bits per heavy atom. The highest BCUT2D eigenvalue weighted by atomic mass is 16.5. The normalized spacial score (nSPS) is 12.3. The highest BCUT2D eigenvalue weighted by Gasteiger charge is 2.08. The van der Waals surface area contributed by atoms with Crippen LogP contribution in [-0.2, 0) is 23.7 Å². The Morgan fingerprint density at radius 3 is 1.81 bits per heavy atom. The van der Waals surface area contributed by atoms with E-state index in [1.54, 1.807) is 0 Å². The predicted octanol–water partition coefficient (Wildman–Crippen LogP) is 5.30. The summed E-state index contributed by atoms with van der Waals surface area (Å²) in [4.78, 5) is 11.7. The minimum absolute atomic E-state index is 0.0249. The smallest absolute Gasteiger partial charge is 0.306 e. The van der Waals surface area contributed by atoms with E-state index in [1.807, 2.05) is 6.92 Å². The topological polar surface area (TPSA) is 54.0 Å². The largest absolute Gasteiger partial charge is 0.463 e. The van der Waals surface area contributed by atoms with Crippen molar-refractivity contribution < 1.29 is 23.7 Å². The average Bonchev–Trinajstić information content (AvgIpc) is 2.65. The summed E-state index contributed by atoms with van der Waals surface area (Å²) >= 11 is 0. The summed E-state index contributed by atoms with van der Waals surface area (Å²) in [5.41, 5.74) is 0. The number of esters is 1. The Balaban J connectivity index is 3.20. The molecule has 0 saturated carbocycles. The molecule has 0 amide bonds. The molecule has 0 aromatic carbocycles. The quantitative estimate of drug-likeness (QED) is 0.197. The SMILES string of the molecule is CCCCCCCOCCOCCOCCCC(=O)OC(C)CCCCC. The van der Waals surface area contributed by atoms with E-state index in [0.717, 1.165) is 25.9 Å².